The minimum Gasteiger partial charge on any atom is -0.491 e. The average molecular weight is 320 g/mol. The summed E-state index contributed by atoms with van der Waals surface area (Å²) in [4.78, 5) is 12.3. The van der Waals surface area contributed by atoms with Crippen LogP contribution in [0.5, 0.6) is 5.75 Å². The zero-order chi connectivity index (χ0) is 16.7. The Morgan fingerprint density at radius 1 is 1.35 bits per heavy atom. The Bertz CT molecular complexity index is 519. The topological polar surface area (TPSA) is 73.6 Å². The smallest absolute Gasteiger partial charge is 0.223 e. The number of methoxy groups -OCH3 is 1. The average Bonchev–Trinajstić information content (AvgIpc) is 2.54. The molecule has 0 aliphatic heterocycles. The van der Waals surface area contributed by atoms with Crippen molar-refractivity contribution < 1.29 is 14.3 Å². The van der Waals surface area contributed by atoms with Crippen LogP contribution in [0, 0.1) is 12.8 Å². The van der Waals surface area contributed by atoms with E-state index in [0.717, 1.165) is 42.6 Å². The first-order valence-corrected chi connectivity index (χ1v) is 8.34. The van der Waals surface area contributed by atoms with E-state index in [0.29, 0.717) is 19.8 Å². The number of hydrogen-bond acceptors (Lipinski definition) is 4. The first-order chi connectivity index (χ1) is 11.1. The largest absolute Gasteiger partial charge is 0.491 e. The van der Waals surface area contributed by atoms with Gasteiger partial charge in [0.15, 0.2) is 0 Å². The van der Waals surface area contributed by atoms with Crippen molar-refractivity contribution in [1.29, 1.82) is 0 Å². The molecular formula is C18H28N2O3. The van der Waals surface area contributed by atoms with Crippen LogP contribution in [0.4, 0.5) is 0 Å². The number of amides is 1. The van der Waals surface area contributed by atoms with Gasteiger partial charge in [0.2, 0.25) is 5.91 Å². The first-order valence-electron chi connectivity index (χ1n) is 8.34. The minimum atomic E-state index is 0.0436. The van der Waals surface area contributed by atoms with Crippen molar-refractivity contribution in [3.63, 3.8) is 0 Å². The molecule has 2 atom stereocenters. The summed E-state index contributed by atoms with van der Waals surface area (Å²) in [6, 6.07) is 6.19. The zero-order valence-corrected chi connectivity index (χ0v) is 14.1. The van der Waals surface area contributed by atoms with Crippen LogP contribution in [0.15, 0.2) is 18.2 Å². The molecule has 23 heavy (non-hydrogen) atoms. The molecule has 2 rings (SSSR count). The molecule has 1 amide bonds. The van der Waals surface area contributed by atoms with Gasteiger partial charge in [-0.05, 0) is 37.8 Å². The number of nitrogens with one attached hydrogen (secondary N) is 1. The van der Waals surface area contributed by atoms with Gasteiger partial charge in [0.05, 0.1) is 6.61 Å². The van der Waals surface area contributed by atoms with Crippen LogP contribution in [-0.2, 0) is 16.1 Å². The molecule has 3 N–H and O–H groups in total. The van der Waals surface area contributed by atoms with Crippen LogP contribution in [0.25, 0.3) is 0 Å². The summed E-state index contributed by atoms with van der Waals surface area (Å²) in [6.07, 6.45) is 3.79. The quantitative estimate of drug-likeness (QED) is 0.755. The number of nitrogens with two attached hydrogens (primary N) is 1. The molecule has 5 nitrogen and oxygen atoms in total. The van der Waals surface area contributed by atoms with Gasteiger partial charge in [0.25, 0.3) is 0 Å². The third kappa shape index (κ3) is 5.52. The molecule has 2 unspecified atom stereocenters. The van der Waals surface area contributed by atoms with Crippen LogP contribution < -0.4 is 15.8 Å². The number of ether oxygens (including phenoxy) is 2. The summed E-state index contributed by atoms with van der Waals surface area (Å²) < 4.78 is 10.8. The molecule has 0 bridgehead atoms. The zero-order valence-electron chi connectivity index (χ0n) is 14.1. The molecule has 0 radical (unpaired) electrons. The molecule has 1 aliphatic rings. The molecule has 1 aromatic carbocycles. The SMILES string of the molecule is COCCOc1cc(C)ccc1CNC(=O)C1CCCC(N)C1. The van der Waals surface area contributed by atoms with Crippen molar-refractivity contribution in [2.24, 2.45) is 11.7 Å². The van der Waals surface area contributed by atoms with Crippen LogP contribution in [0.1, 0.15) is 36.8 Å². The Labute approximate surface area is 138 Å². The maximum Gasteiger partial charge on any atom is 0.223 e. The second-order valence-corrected chi connectivity index (χ2v) is 6.29. The van der Waals surface area contributed by atoms with Crippen molar-refractivity contribution in [3.05, 3.63) is 29.3 Å². The van der Waals surface area contributed by atoms with E-state index in [1.165, 1.54) is 0 Å². The number of hydrogen-bond donors (Lipinski definition) is 2. The fourth-order valence-electron chi connectivity index (χ4n) is 2.97. The van der Waals surface area contributed by atoms with Gasteiger partial charge in [-0.2, -0.15) is 0 Å². The van der Waals surface area contributed by atoms with Gasteiger partial charge in [-0.15, -0.1) is 0 Å². The van der Waals surface area contributed by atoms with E-state index >= 15 is 0 Å². The number of carbonyl (C=O) groups is 1. The highest BCUT2D eigenvalue weighted by molar-refractivity contribution is 5.78. The van der Waals surface area contributed by atoms with Crippen LogP contribution in [-0.4, -0.2) is 32.3 Å². The highest BCUT2D eigenvalue weighted by atomic mass is 16.5. The van der Waals surface area contributed by atoms with Crippen LogP contribution >= 0.6 is 0 Å². The molecule has 1 fully saturated rings. The first kappa shape index (κ1) is 17.8. The second-order valence-electron chi connectivity index (χ2n) is 6.29. The van der Waals surface area contributed by atoms with Gasteiger partial charge < -0.3 is 20.5 Å². The molecule has 0 heterocycles. The van der Waals surface area contributed by atoms with Gasteiger partial charge in [-0.25, -0.2) is 0 Å². The lowest BCUT2D eigenvalue weighted by Crippen LogP contribution is -2.37. The summed E-state index contributed by atoms with van der Waals surface area (Å²) in [7, 11) is 1.65. The lowest BCUT2D eigenvalue weighted by molar-refractivity contribution is -0.126. The van der Waals surface area contributed by atoms with Gasteiger partial charge in [0.1, 0.15) is 12.4 Å². The third-order valence-electron chi connectivity index (χ3n) is 4.31. The molecular weight excluding hydrogens is 292 g/mol. The Kier molecular flexibility index (Phi) is 6.86. The molecule has 1 aromatic rings. The van der Waals surface area contributed by atoms with E-state index in [1.807, 2.05) is 25.1 Å². The Morgan fingerprint density at radius 3 is 2.91 bits per heavy atom. The van der Waals surface area contributed by atoms with E-state index in [4.69, 9.17) is 15.2 Å². The Hall–Kier alpha value is -1.59. The predicted octanol–water partition coefficient (Wildman–Crippen LogP) is 2.15. The van der Waals surface area contributed by atoms with Gasteiger partial charge in [-0.3, -0.25) is 4.79 Å². The van der Waals surface area contributed by atoms with Crippen molar-refractivity contribution in [2.75, 3.05) is 20.3 Å². The lowest BCUT2D eigenvalue weighted by Gasteiger charge is -2.25. The Morgan fingerprint density at radius 2 is 2.17 bits per heavy atom. The summed E-state index contributed by atoms with van der Waals surface area (Å²) in [5.74, 6) is 0.952. The van der Waals surface area contributed by atoms with Crippen molar-refractivity contribution in [3.8, 4) is 5.75 Å². The summed E-state index contributed by atoms with van der Waals surface area (Å²) >= 11 is 0. The number of aryl methyl sites for hydroxylation is 1. The van der Waals surface area contributed by atoms with Crippen LogP contribution in [0.2, 0.25) is 0 Å². The fourth-order valence-corrected chi connectivity index (χ4v) is 2.97. The maximum absolute atomic E-state index is 12.3. The van der Waals surface area contributed by atoms with E-state index in [9.17, 15) is 4.79 Å². The van der Waals surface area contributed by atoms with E-state index in [-0.39, 0.29) is 17.9 Å². The molecule has 1 aliphatic carbocycles. The van der Waals surface area contributed by atoms with E-state index in [1.54, 1.807) is 7.11 Å². The fraction of sp³-hybridized carbons (Fsp3) is 0.611. The number of rotatable bonds is 7. The van der Waals surface area contributed by atoms with Crippen molar-refractivity contribution >= 4 is 5.91 Å². The summed E-state index contributed by atoms with van der Waals surface area (Å²) in [5, 5.41) is 3.03. The molecule has 0 saturated heterocycles. The lowest BCUT2D eigenvalue weighted by atomic mass is 9.85. The molecule has 0 aromatic heterocycles. The van der Waals surface area contributed by atoms with Crippen molar-refractivity contribution in [2.45, 2.75) is 45.2 Å². The monoisotopic (exact) mass is 320 g/mol. The number of benzene rings is 1. The highest BCUT2D eigenvalue weighted by Crippen LogP contribution is 2.24. The standard InChI is InChI=1S/C18H28N2O3/c1-13-6-7-15(17(10-13)23-9-8-22-2)12-20-18(21)14-4-3-5-16(19)11-14/h6-7,10,14,16H,3-5,8-9,11-12,19H2,1-2H3,(H,20,21). The van der Waals surface area contributed by atoms with Gasteiger partial charge >= 0.3 is 0 Å². The molecule has 128 valence electrons. The number of carbonyl (C=O) groups excluding carboxylic acids is 1. The Balaban J connectivity index is 1.92. The maximum atomic E-state index is 12.3. The van der Waals surface area contributed by atoms with E-state index in [2.05, 4.69) is 5.32 Å². The van der Waals surface area contributed by atoms with Crippen molar-refractivity contribution in [1.82, 2.24) is 5.32 Å². The van der Waals surface area contributed by atoms with Gasteiger partial charge in [0, 0.05) is 31.2 Å². The third-order valence-corrected chi connectivity index (χ3v) is 4.31. The predicted molar refractivity (Wildman–Crippen MR) is 90.3 cm³/mol. The van der Waals surface area contributed by atoms with E-state index < -0.39 is 0 Å². The summed E-state index contributed by atoms with van der Waals surface area (Å²) in [6.45, 7) is 3.54. The second kappa shape index (κ2) is 8.89. The molecule has 0 spiro atoms. The van der Waals surface area contributed by atoms with Crippen LogP contribution in [0.3, 0.4) is 0 Å². The molecule has 1 saturated carbocycles. The normalized spacial score (nSPS) is 21.0. The van der Waals surface area contributed by atoms with Gasteiger partial charge in [-0.1, -0.05) is 18.6 Å². The minimum absolute atomic E-state index is 0.0436. The highest BCUT2D eigenvalue weighted by Gasteiger charge is 2.25. The molecule has 5 heteroatoms. The summed E-state index contributed by atoms with van der Waals surface area (Å²) in [5.41, 5.74) is 8.08.